The molecule has 1 heterocycles. The number of carboxylic acids is 1. The molecule has 1 N–H and O–H groups in total. The normalized spacial score (nSPS) is 9.92. The van der Waals surface area contributed by atoms with Gasteiger partial charge in [0.15, 0.2) is 0 Å². The van der Waals surface area contributed by atoms with Gasteiger partial charge in [-0.05, 0) is 34.5 Å². The molecule has 1 rings (SSSR count). The monoisotopic (exact) mass is 249 g/mol. The summed E-state index contributed by atoms with van der Waals surface area (Å²) in [5.74, 6) is -1.08. The van der Waals surface area contributed by atoms with Gasteiger partial charge in [-0.3, -0.25) is 0 Å². The molecule has 0 amide bonds. The Bertz CT molecular complexity index is 317. The molecule has 0 radical (unpaired) electrons. The van der Waals surface area contributed by atoms with Crippen molar-refractivity contribution in [1.29, 1.82) is 0 Å². The Labute approximate surface area is 82.5 Å². The van der Waals surface area contributed by atoms with Gasteiger partial charge in [0.05, 0.1) is 4.47 Å². The molecule has 0 aliphatic rings. The fraction of sp³-hybridized carbons (Fsp3) is 0.143. The number of aromatic carboxylic acids is 1. The molecule has 64 valence electrons. The fourth-order valence-electron chi connectivity index (χ4n) is 0.728. The number of carbonyl (C=O) groups is 1. The molecule has 0 aliphatic heterocycles. The summed E-state index contributed by atoms with van der Waals surface area (Å²) in [6.07, 6.45) is 0. The largest absolute Gasteiger partial charge is 0.477 e. The lowest BCUT2D eigenvalue weighted by Crippen LogP contribution is -2.01. The summed E-state index contributed by atoms with van der Waals surface area (Å²) in [6, 6.07) is 1.46. The van der Waals surface area contributed by atoms with Crippen molar-refractivity contribution < 1.29 is 9.90 Å². The molecule has 1 aromatic rings. The molecule has 5 heteroatoms. The van der Waals surface area contributed by atoms with E-state index in [1.165, 1.54) is 6.07 Å². The van der Waals surface area contributed by atoms with Crippen LogP contribution in [0.3, 0.4) is 0 Å². The summed E-state index contributed by atoms with van der Waals surface area (Å²) >= 11 is 8.82. The predicted molar refractivity (Wildman–Crippen MR) is 48.6 cm³/mol. The van der Waals surface area contributed by atoms with Gasteiger partial charge in [0.2, 0.25) is 0 Å². The number of nitrogens with zero attached hydrogens (tertiary/aromatic N) is 1. The molecule has 0 aliphatic carbocycles. The highest BCUT2D eigenvalue weighted by Crippen LogP contribution is 2.24. The van der Waals surface area contributed by atoms with Crippen LogP contribution in [0.2, 0.25) is 5.15 Å². The summed E-state index contributed by atoms with van der Waals surface area (Å²) in [5, 5.41) is 8.76. The summed E-state index contributed by atoms with van der Waals surface area (Å²) in [4.78, 5) is 14.1. The maximum absolute atomic E-state index is 10.5. The molecule has 0 aromatic carbocycles. The second kappa shape index (κ2) is 3.41. The van der Waals surface area contributed by atoms with E-state index < -0.39 is 5.97 Å². The fourth-order valence-corrected chi connectivity index (χ4v) is 1.17. The first-order chi connectivity index (χ1) is 5.52. The molecular formula is C7H5BrClNO2. The van der Waals surface area contributed by atoms with E-state index in [-0.39, 0.29) is 10.8 Å². The van der Waals surface area contributed by atoms with E-state index in [4.69, 9.17) is 16.7 Å². The van der Waals surface area contributed by atoms with Gasteiger partial charge in [-0.1, -0.05) is 11.6 Å². The third kappa shape index (κ3) is 1.76. The quantitative estimate of drug-likeness (QED) is 0.779. The average molecular weight is 250 g/mol. The Balaban J connectivity index is 3.31. The van der Waals surface area contributed by atoms with E-state index in [1.807, 2.05) is 0 Å². The Hall–Kier alpha value is -0.610. The predicted octanol–water partition coefficient (Wildman–Crippen LogP) is 2.50. The third-order valence-corrected chi connectivity index (χ3v) is 2.82. The molecule has 12 heavy (non-hydrogen) atoms. The zero-order valence-corrected chi connectivity index (χ0v) is 8.48. The Morgan fingerprint density at radius 2 is 2.33 bits per heavy atom. The van der Waals surface area contributed by atoms with Crippen molar-refractivity contribution in [3.8, 4) is 0 Å². The van der Waals surface area contributed by atoms with Gasteiger partial charge < -0.3 is 5.11 Å². The highest BCUT2D eigenvalue weighted by atomic mass is 79.9. The van der Waals surface area contributed by atoms with Crippen LogP contribution in [0, 0.1) is 6.92 Å². The van der Waals surface area contributed by atoms with Crippen molar-refractivity contribution in [3.63, 3.8) is 0 Å². The van der Waals surface area contributed by atoms with E-state index in [9.17, 15) is 4.79 Å². The molecule has 0 spiro atoms. The van der Waals surface area contributed by atoms with E-state index >= 15 is 0 Å². The van der Waals surface area contributed by atoms with E-state index in [1.54, 1.807) is 6.92 Å². The minimum Gasteiger partial charge on any atom is -0.477 e. The highest BCUT2D eigenvalue weighted by molar-refractivity contribution is 9.10. The topological polar surface area (TPSA) is 50.2 Å². The molecule has 0 bridgehead atoms. The van der Waals surface area contributed by atoms with Crippen LogP contribution >= 0.6 is 27.5 Å². The van der Waals surface area contributed by atoms with Crippen LogP contribution in [-0.4, -0.2) is 16.1 Å². The summed E-state index contributed by atoms with van der Waals surface area (Å²) in [5.41, 5.74) is 0.716. The van der Waals surface area contributed by atoms with Gasteiger partial charge >= 0.3 is 5.97 Å². The van der Waals surface area contributed by atoms with Gasteiger partial charge in [-0.2, -0.15) is 0 Å². The van der Waals surface area contributed by atoms with Crippen LogP contribution in [-0.2, 0) is 0 Å². The Kier molecular flexibility index (Phi) is 2.69. The second-order valence-electron chi connectivity index (χ2n) is 2.23. The van der Waals surface area contributed by atoms with E-state index in [0.29, 0.717) is 4.47 Å². The van der Waals surface area contributed by atoms with Gasteiger partial charge in [-0.15, -0.1) is 0 Å². The van der Waals surface area contributed by atoms with Gasteiger partial charge in [0.1, 0.15) is 10.8 Å². The number of carboxylic acid groups (broad SMARTS) is 1. The van der Waals surface area contributed by atoms with Gasteiger partial charge in [-0.25, -0.2) is 9.78 Å². The first kappa shape index (κ1) is 9.48. The minimum absolute atomic E-state index is 0.0410. The van der Waals surface area contributed by atoms with Crippen molar-refractivity contribution >= 4 is 33.5 Å². The SMILES string of the molecule is Cc1cc(C(=O)O)nc(Cl)c1Br. The zero-order chi connectivity index (χ0) is 9.30. The lowest BCUT2D eigenvalue weighted by Gasteiger charge is -2.01. The molecule has 0 saturated heterocycles. The summed E-state index contributed by atoms with van der Waals surface area (Å²) in [7, 11) is 0. The zero-order valence-electron chi connectivity index (χ0n) is 6.14. The first-order valence-corrected chi connectivity index (χ1v) is 4.25. The van der Waals surface area contributed by atoms with Crippen molar-refractivity contribution in [2.75, 3.05) is 0 Å². The van der Waals surface area contributed by atoms with Crippen LogP contribution in [0.5, 0.6) is 0 Å². The smallest absolute Gasteiger partial charge is 0.354 e. The van der Waals surface area contributed by atoms with Crippen LogP contribution < -0.4 is 0 Å². The van der Waals surface area contributed by atoms with Crippen LogP contribution in [0.1, 0.15) is 16.1 Å². The van der Waals surface area contributed by atoms with Crippen molar-refractivity contribution in [3.05, 3.63) is 26.9 Å². The number of hydrogen-bond acceptors (Lipinski definition) is 2. The maximum atomic E-state index is 10.5. The lowest BCUT2D eigenvalue weighted by molar-refractivity contribution is 0.0690. The summed E-state index contributed by atoms with van der Waals surface area (Å²) < 4.78 is 0.633. The third-order valence-electron chi connectivity index (χ3n) is 1.32. The number of rotatable bonds is 1. The molecule has 3 nitrogen and oxygen atoms in total. The van der Waals surface area contributed by atoms with E-state index in [2.05, 4.69) is 20.9 Å². The second-order valence-corrected chi connectivity index (χ2v) is 3.39. The standard InChI is InChI=1S/C7H5BrClNO2/c1-3-2-4(7(11)12)10-6(9)5(3)8/h2H,1H3,(H,11,12). The molecule has 0 fully saturated rings. The van der Waals surface area contributed by atoms with Crippen LogP contribution in [0.4, 0.5) is 0 Å². The minimum atomic E-state index is -1.08. The van der Waals surface area contributed by atoms with Gasteiger partial charge in [0, 0.05) is 0 Å². The van der Waals surface area contributed by atoms with Crippen molar-refractivity contribution in [2.45, 2.75) is 6.92 Å². The molecule has 0 saturated carbocycles. The van der Waals surface area contributed by atoms with E-state index in [0.717, 1.165) is 5.56 Å². The molecule has 0 unspecified atom stereocenters. The van der Waals surface area contributed by atoms with Crippen LogP contribution in [0.25, 0.3) is 0 Å². The number of hydrogen-bond donors (Lipinski definition) is 1. The molecular weight excluding hydrogens is 245 g/mol. The number of aromatic nitrogens is 1. The Morgan fingerprint density at radius 1 is 1.75 bits per heavy atom. The maximum Gasteiger partial charge on any atom is 0.354 e. The number of halogens is 2. The van der Waals surface area contributed by atoms with Crippen LogP contribution in [0.15, 0.2) is 10.5 Å². The number of pyridine rings is 1. The molecule has 0 atom stereocenters. The first-order valence-electron chi connectivity index (χ1n) is 3.08. The summed E-state index contributed by atoms with van der Waals surface area (Å²) in [6.45, 7) is 1.75. The lowest BCUT2D eigenvalue weighted by atomic mass is 10.2. The molecule has 1 aromatic heterocycles. The highest BCUT2D eigenvalue weighted by Gasteiger charge is 2.09. The van der Waals surface area contributed by atoms with Crippen molar-refractivity contribution in [2.24, 2.45) is 0 Å². The Morgan fingerprint density at radius 3 is 2.75 bits per heavy atom. The number of aryl methyl sites for hydroxylation is 1. The van der Waals surface area contributed by atoms with Crippen molar-refractivity contribution in [1.82, 2.24) is 4.98 Å². The average Bonchev–Trinajstić information content (AvgIpc) is 1.99. The van der Waals surface area contributed by atoms with Gasteiger partial charge in [0.25, 0.3) is 0 Å².